The van der Waals surface area contributed by atoms with E-state index in [-0.39, 0.29) is 17.4 Å². The second-order valence-corrected chi connectivity index (χ2v) is 8.47. The van der Waals surface area contributed by atoms with E-state index >= 15 is 0 Å². The van der Waals surface area contributed by atoms with Crippen LogP contribution >= 0.6 is 0 Å². The van der Waals surface area contributed by atoms with E-state index in [0.29, 0.717) is 49.5 Å². The van der Waals surface area contributed by atoms with Gasteiger partial charge in [-0.3, -0.25) is 9.59 Å². The summed E-state index contributed by atoms with van der Waals surface area (Å²) in [6, 6.07) is 11.8. The van der Waals surface area contributed by atoms with Crippen LogP contribution in [0.4, 0.5) is 0 Å². The number of ketones is 1. The van der Waals surface area contributed by atoms with Gasteiger partial charge in [0.15, 0.2) is 0 Å². The van der Waals surface area contributed by atoms with Gasteiger partial charge in [0.2, 0.25) is 0 Å². The van der Waals surface area contributed by atoms with Gasteiger partial charge in [0, 0.05) is 32.2 Å². The van der Waals surface area contributed by atoms with Crippen molar-refractivity contribution in [3.05, 3.63) is 77.4 Å². The third-order valence-corrected chi connectivity index (χ3v) is 6.00. The molecule has 4 rings (SSSR count). The second-order valence-electron chi connectivity index (χ2n) is 8.47. The number of hydrogen-bond acceptors (Lipinski definition) is 6. The summed E-state index contributed by atoms with van der Waals surface area (Å²) in [7, 11) is 1.59. The Bertz CT molecular complexity index is 1140. The topological polar surface area (TPSA) is 85.3 Å². The monoisotopic (exact) mass is 463 g/mol. The molecule has 0 bridgehead atoms. The molecule has 2 aromatic rings. The van der Waals surface area contributed by atoms with Gasteiger partial charge in [-0.25, -0.2) is 0 Å². The number of methoxy groups -OCH3 is 1. The molecule has 0 saturated carbocycles. The Morgan fingerprint density at radius 3 is 2.85 bits per heavy atom. The molecule has 34 heavy (non-hydrogen) atoms. The van der Waals surface area contributed by atoms with E-state index in [9.17, 15) is 14.7 Å². The molecule has 0 spiro atoms. The number of aliphatic hydroxyl groups excluding tert-OH is 1. The molecule has 1 saturated heterocycles. The lowest BCUT2D eigenvalue weighted by Crippen LogP contribution is -2.31. The Morgan fingerprint density at radius 2 is 2.09 bits per heavy atom. The molecular formula is C27H29NO6. The van der Waals surface area contributed by atoms with Gasteiger partial charge in [0.25, 0.3) is 11.7 Å². The van der Waals surface area contributed by atoms with Crippen LogP contribution in [0.2, 0.25) is 0 Å². The fourth-order valence-electron chi connectivity index (χ4n) is 4.49. The quantitative estimate of drug-likeness (QED) is 0.199. The van der Waals surface area contributed by atoms with Crippen molar-refractivity contribution in [2.24, 2.45) is 0 Å². The number of ether oxygens (including phenoxy) is 3. The molecule has 2 aromatic carbocycles. The summed E-state index contributed by atoms with van der Waals surface area (Å²) in [5.41, 5.74) is 2.19. The van der Waals surface area contributed by atoms with Crippen LogP contribution in [0.15, 0.2) is 60.7 Å². The SMILES string of the molecule is C=CCOc1cccc([C@H]2C(=C(O)c3ccc4c(c3)C[C@@H](C)O4)C(=O)C(=O)N2CCCOC)c1. The number of carbonyl (C=O) groups is 2. The summed E-state index contributed by atoms with van der Waals surface area (Å²) < 4.78 is 16.6. The van der Waals surface area contributed by atoms with Crippen LogP contribution in [0, 0.1) is 0 Å². The standard InChI is InChI=1S/C27H29NO6/c1-4-12-33-21-8-5-7-18(16-21)24-23(26(30)27(31)28(24)11-6-13-32-3)25(29)19-9-10-22-20(15-19)14-17(2)34-22/h4-5,7-10,15-17,24,29H,1,6,11-14H2,2-3H3/t17-,24+/m1/s1. The van der Waals surface area contributed by atoms with Gasteiger partial charge in [-0.2, -0.15) is 0 Å². The van der Waals surface area contributed by atoms with Crippen molar-refractivity contribution in [2.75, 3.05) is 26.9 Å². The number of nitrogens with zero attached hydrogens (tertiary/aromatic N) is 1. The highest BCUT2D eigenvalue weighted by atomic mass is 16.5. The zero-order valence-corrected chi connectivity index (χ0v) is 19.5. The zero-order valence-electron chi connectivity index (χ0n) is 19.5. The molecule has 7 heteroatoms. The first kappa shape index (κ1) is 23.6. The van der Waals surface area contributed by atoms with Crippen molar-refractivity contribution < 1.29 is 28.9 Å². The van der Waals surface area contributed by atoms with Crippen LogP contribution in [0.25, 0.3) is 5.76 Å². The lowest BCUT2D eigenvalue weighted by atomic mass is 9.94. The molecule has 2 aliphatic heterocycles. The van der Waals surface area contributed by atoms with Crippen molar-refractivity contribution in [1.82, 2.24) is 4.90 Å². The first-order chi connectivity index (χ1) is 16.4. The summed E-state index contributed by atoms with van der Waals surface area (Å²) in [6.07, 6.45) is 2.97. The van der Waals surface area contributed by atoms with Crippen LogP contribution in [0.1, 0.15) is 36.1 Å². The van der Waals surface area contributed by atoms with Gasteiger partial charge < -0.3 is 24.2 Å². The summed E-state index contributed by atoms with van der Waals surface area (Å²) >= 11 is 0. The molecule has 2 aliphatic rings. The minimum Gasteiger partial charge on any atom is -0.507 e. The molecule has 2 heterocycles. The minimum absolute atomic E-state index is 0.0528. The summed E-state index contributed by atoms with van der Waals surface area (Å²) in [5, 5.41) is 11.3. The summed E-state index contributed by atoms with van der Waals surface area (Å²) in [4.78, 5) is 27.7. The maximum Gasteiger partial charge on any atom is 0.295 e. The summed E-state index contributed by atoms with van der Waals surface area (Å²) in [6.45, 7) is 6.73. The zero-order chi connectivity index (χ0) is 24.2. The first-order valence-electron chi connectivity index (χ1n) is 11.4. The van der Waals surface area contributed by atoms with Crippen molar-refractivity contribution in [3.63, 3.8) is 0 Å². The highest BCUT2D eigenvalue weighted by molar-refractivity contribution is 6.46. The van der Waals surface area contributed by atoms with Gasteiger partial charge in [-0.1, -0.05) is 24.8 Å². The van der Waals surface area contributed by atoms with Crippen LogP contribution in [0.5, 0.6) is 11.5 Å². The Hall–Kier alpha value is -3.58. The molecule has 1 amide bonds. The normalized spacial score (nSPS) is 20.8. The maximum atomic E-state index is 13.2. The van der Waals surface area contributed by atoms with Crippen molar-refractivity contribution in [2.45, 2.75) is 31.9 Å². The van der Waals surface area contributed by atoms with E-state index in [1.165, 1.54) is 4.90 Å². The molecule has 178 valence electrons. The lowest BCUT2D eigenvalue weighted by molar-refractivity contribution is -0.140. The number of likely N-dealkylation sites (tertiary alicyclic amines) is 1. The van der Waals surface area contributed by atoms with Crippen LogP contribution in [-0.2, 0) is 20.7 Å². The Labute approximate surface area is 199 Å². The number of benzene rings is 2. The molecular weight excluding hydrogens is 434 g/mol. The first-order valence-corrected chi connectivity index (χ1v) is 11.4. The van der Waals surface area contributed by atoms with Gasteiger partial charge in [-0.15, -0.1) is 0 Å². The molecule has 0 aliphatic carbocycles. The van der Waals surface area contributed by atoms with Crippen molar-refractivity contribution in [3.8, 4) is 11.5 Å². The number of fused-ring (bicyclic) bond motifs is 1. The highest BCUT2D eigenvalue weighted by Gasteiger charge is 2.46. The van der Waals surface area contributed by atoms with E-state index in [1.807, 2.05) is 19.1 Å². The highest BCUT2D eigenvalue weighted by Crippen LogP contribution is 2.41. The Kier molecular flexibility index (Phi) is 7.03. The maximum absolute atomic E-state index is 13.2. The van der Waals surface area contributed by atoms with Gasteiger partial charge in [0.05, 0.1) is 11.6 Å². The number of amides is 1. The molecule has 0 unspecified atom stereocenters. The number of carbonyl (C=O) groups excluding carboxylic acids is 2. The van der Waals surface area contributed by atoms with E-state index in [0.717, 1.165) is 11.3 Å². The molecule has 7 nitrogen and oxygen atoms in total. The average molecular weight is 464 g/mol. The summed E-state index contributed by atoms with van der Waals surface area (Å²) in [5.74, 6) is -0.186. The van der Waals surface area contributed by atoms with Gasteiger partial charge in [0.1, 0.15) is 30.0 Å². The predicted octanol–water partition coefficient (Wildman–Crippen LogP) is 4.03. The largest absolute Gasteiger partial charge is 0.507 e. The van der Waals surface area contributed by atoms with Crippen LogP contribution in [-0.4, -0.2) is 54.7 Å². The number of rotatable bonds is 9. The fraction of sp³-hybridized carbons (Fsp3) is 0.333. The molecule has 0 radical (unpaired) electrons. The van der Waals surface area contributed by atoms with E-state index in [1.54, 1.807) is 43.5 Å². The molecule has 1 fully saturated rings. The van der Waals surface area contributed by atoms with E-state index in [4.69, 9.17) is 14.2 Å². The average Bonchev–Trinajstić information content (AvgIpc) is 3.33. The third kappa shape index (κ3) is 4.56. The number of hydrogen-bond donors (Lipinski definition) is 1. The van der Waals surface area contributed by atoms with Gasteiger partial charge >= 0.3 is 0 Å². The van der Waals surface area contributed by atoms with Crippen LogP contribution < -0.4 is 9.47 Å². The Balaban J connectivity index is 1.79. The predicted molar refractivity (Wildman–Crippen MR) is 128 cm³/mol. The number of aliphatic hydroxyl groups is 1. The molecule has 1 N–H and O–H groups in total. The van der Waals surface area contributed by atoms with E-state index in [2.05, 4.69) is 6.58 Å². The molecule has 2 atom stereocenters. The Morgan fingerprint density at radius 1 is 1.26 bits per heavy atom. The minimum atomic E-state index is -0.743. The lowest BCUT2D eigenvalue weighted by Gasteiger charge is -2.25. The molecule has 0 aromatic heterocycles. The van der Waals surface area contributed by atoms with Gasteiger partial charge in [-0.05, 0) is 54.8 Å². The smallest absolute Gasteiger partial charge is 0.295 e. The fourth-order valence-corrected chi connectivity index (χ4v) is 4.49. The third-order valence-electron chi connectivity index (χ3n) is 6.00. The van der Waals surface area contributed by atoms with Crippen molar-refractivity contribution in [1.29, 1.82) is 0 Å². The van der Waals surface area contributed by atoms with E-state index < -0.39 is 17.7 Å². The second kappa shape index (κ2) is 10.1. The van der Waals surface area contributed by atoms with Crippen LogP contribution in [0.3, 0.4) is 0 Å². The van der Waals surface area contributed by atoms with Crippen molar-refractivity contribution >= 4 is 17.4 Å². The number of Topliss-reactive ketones (excluding diaryl/α,β-unsaturated/α-hetero) is 1.